The summed E-state index contributed by atoms with van der Waals surface area (Å²) in [7, 11) is 1.66. The molecule has 1 amide bonds. The molecule has 0 aliphatic heterocycles. The summed E-state index contributed by atoms with van der Waals surface area (Å²) < 4.78 is 7.58. The van der Waals surface area contributed by atoms with Crippen LogP contribution in [0, 0.1) is 6.92 Å². The van der Waals surface area contributed by atoms with Crippen molar-refractivity contribution >= 4 is 5.91 Å². The van der Waals surface area contributed by atoms with Gasteiger partial charge >= 0.3 is 0 Å². The first-order valence-electron chi connectivity index (χ1n) is 9.59. The molecule has 0 radical (unpaired) electrons. The number of imidazole rings is 1. The summed E-state index contributed by atoms with van der Waals surface area (Å²) in [5.74, 6) is 2.06. The van der Waals surface area contributed by atoms with Crippen molar-refractivity contribution in [3.8, 4) is 5.75 Å². The van der Waals surface area contributed by atoms with Crippen LogP contribution < -0.4 is 10.1 Å². The quantitative estimate of drug-likeness (QED) is 0.831. The maximum atomic E-state index is 12.8. The summed E-state index contributed by atoms with van der Waals surface area (Å²) in [5.41, 5.74) is 1.97. The molecule has 2 fully saturated rings. The van der Waals surface area contributed by atoms with Gasteiger partial charge in [0.05, 0.1) is 12.5 Å². The van der Waals surface area contributed by atoms with E-state index in [0.717, 1.165) is 36.4 Å². The number of ether oxygens (including phenoxy) is 1. The number of methoxy groups -OCH3 is 1. The number of nitrogens with zero attached hydrogens (tertiary/aromatic N) is 2. The maximum absolute atomic E-state index is 12.8. The van der Waals surface area contributed by atoms with Crippen LogP contribution in [0.4, 0.5) is 0 Å². The summed E-state index contributed by atoms with van der Waals surface area (Å²) in [5, 5.41) is 3.15. The lowest BCUT2D eigenvalue weighted by molar-refractivity contribution is -0.123. The van der Waals surface area contributed by atoms with Crippen LogP contribution in [0.5, 0.6) is 5.75 Å². The van der Waals surface area contributed by atoms with Crippen LogP contribution in [0.25, 0.3) is 0 Å². The Morgan fingerprint density at radius 2 is 2.04 bits per heavy atom. The van der Waals surface area contributed by atoms with E-state index in [0.29, 0.717) is 12.6 Å². The zero-order chi connectivity index (χ0) is 18.1. The van der Waals surface area contributed by atoms with Crippen molar-refractivity contribution in [3.05, 3.63) is 47.5 Å². The van der Waals surface area contributed by atoms with Crippen LogP contribution >= 0.6 is 0 Å². The van der Waals surface area contributed by atoms with E-state index in [-0.39, 0.29) is 11.3 Å². The van der Waals surface area contributed by atoms with Gasteiger partial charge in [0.1, 0.15) is 11.6 Å². The Morgan fingerprint density at radius 3 is 2.62 bits per heavy atom. The average Bonchev–Trinajstić information content (AvgIpc) is 3.36. The van der Waals surface area contributed by atoms with Crippen LogP contribution in [-0.2, 0) is 16.6 Å². The fourth-order valence-electron chi connectivity index (χ4n) is 3.96. The molecule has 0 spiro atoms. The van der Waals surface area contributed by atoms with Crippen molar-refractivity contribution in [3.63, 3.8) is 0 Å². The zero-order valence-corrected chi connectivity index (χ0v) is 15.6. The zero-order valence-electron chi connectivity index (χ0n) is 15.6. The second-order valence-electron chi connectivity index (χ2n) is 7.59. The van der Waals surface area contributed by atoms with Gasteiger partial charge in [-0.05, 0) is 56.7 Å². The van der Waals surface area contributed by atoms with Crippen LogP contribution in [0.1, 0.15) is 55.2 Å². The second kappa shape index (κ2) is 6.78. The standard InChI is InChI=1S/C21H27N3O2/c1-15-14-23-19(24(15)17-4-3-5-17)10-13-22-20(25)21(11-12-21)16-6-8-18(26-2)9-7-16/h6-9,14,17H,3-5,10-13H2,1-2H3,(H,22,25). The van der Waals surface area contributed by atoms with Crippen molar-refractivity contribution in [2.24, 2.45) is 0 Å². The van der Waals surface area contributed by atoms with Crippen LogP contribution in [-0.4, -0.2) is 29.1 Å². The number of nitrogens with one attached hydrogen (secondary N) is 1. The summed E-state index contributed by atoms with van der Waals surface area (Å²) in [6, 6.07) is 8.50. The molecular weight excluding hydrogens is 326 g/mol. The lowest BCUT2D eigenvalue weighted by Gasteiger charge is -2.29. The number of hydrogen-bond acceptors (Lipinski definition) is 3. The molecule has 1 N–H and O–H groups in total. The van der Waals surface area contributed by atoms with Gasteiger partial charge < -0.3 is 14.6 Å². The first-order valence-corrected chi connectivity index (χ1v) is 9.59. The summed E-state index contributed by atoms with van der Waals surface area (Å²) in [4.78, 5) is 17.4. The molecule has 4 rings (SSSR count). The maximum Gasteiger partial charge on any atom is 0.230 e. The van der Waals surface area contributed by atoms with Gasteiger partial charge in [-0.25, -0.2) is 4.98 Å². The fraction of sp³-hybridized carbons (Fsp3) is 0.524. The topological polar surface area (TPSA) is 56.1 Å². The monoisotopic (exact) mass is 353 g/mol. The Hall–Kier alpha value is -2.30. The summed E-state index contributed by atoms with van der Waals surface area (Å²) >= 11 is 0. The van der Waals surface area contributed by atoms with E-state index in [9.17, 15) is 4.79 Å². The summed E-state index contributed by atoms with van der Waals surface area (Å²) in [6.07, 6.45) is 8.38. The fourth-order valence-corrected chi connectivity index (χ4v) is 3.96. The molecule has 0 bridgehead atoms. The number of benzene rings is 1. The molecule has 2 aliphatic rings. The van der Waals surface area contributed by atoms with Crippen molar-refractivity contribution < 1.29 is 9.53 Å². The molecule has 0 saturated heterocycles. The third kappa shape index (κ3) is 3.00. The molecule has 2 aliphatic carbocycles. The highest BCUT2D eigenvalue weighted by molar-refractivity contribution is 5.91. The highest BCUT2D eigenvalue weighted by atomic mass is 16.5. The number of hydrogen-bond donors (Lipinski definition) is 1. The number of carbonyl (C=O) groups excluding carboxylic acids is 1. The minimum atomic E-state index is -0.342. The molecule has 1 aromatic carbocycles. The minimum Gasteiger partial charge on any atom is -0.497 e. The van der Waals surface area contributed by atoms with Gasteiger partial charge in [0.2, 0.25) is 5.91 Å². The Kier molecular flexibility index (Phi) is 4.47. The Bertz CT molecular complexity index is 786. The largest absolute Gasteiger partial charge is 0.497 e. The van der Waals surface area contributed by atoms with E-state index < -0.39 is 0 Å². The van der Waals surface area contributed by atoms with Gasteiger partial charge in [-0.2, -0.15) is 0 Å². The van der Waals surface area contributed by atoms with Crippen molar-refractivity contribution in [2.45, 2.75) is 56.9 Å². The normalized spacial score (nSPS) is 18.2. The minimum absolute atomic E-state index is 0.140. The third-order valence-electron chi connectivity index (χ3n) is 5.96. The molecular formula is C21H27N3O2. The molecule has 0 unspecified atom stereocenters. The molecule has 2 saturated carbocycles. The molecule has 1 aromatic heterocycles. The predicted molar refractivity (Wildman–Crippen MR) is 100 cm³/mol. The molecule has 5 heteroatoms. The highest BCUT2D eigenvalue weighted by Crippen LogP contribution is 2.48. The van der Waals surface area contributed by atoms with E-state index in [1.807, 2.05) is 30.5 Å². The Balaban J connectivity index is 1.37. The molecule has 1 heterocycles. The van der Waals surface area contributed by atoms with Gasteiger partial charge in [0.15, 0.2) is 0 Å². The molecule has 2 aromatic rings. The SMILES string of the molecule is COc1ccc(C2(C(=O)NCCc3ncc(C)n3C3CCC3)CC2)cc1. The number of amides is 1. The number of rotatable bonds is 7. The van der Waals surface area contributed by atoms with Gasteiger partial charge in [-0.15, -0.1) is 0 Å². The predicted octanol–water partition coefficient (Wildman–Crippen LogP) is 3.32. The third-order valence-corrected chi connectivity index (χ3v) is 5.96. The molecule has 138 valence electrons. The molecule has 26 heavy (non-hydrogen) atoms. The summed E-state index contributed by atoms with van der Waals surface area (Å²) in [6.45, 7) is 2.76. The van der Waals surface area contributed by atoms with Crippen LogP contribution in [0.3, 0.4) is 0 Å². The van der Waals surface area contributed by atoms with E-state index in [4.69, 9.17) is 4.74 Å². The van der Waals surface area contributed by atoms with E-state index >= 15 is 0 Å². The van der Waals surface area contributed by atoms with E-state index in [2.05, 4.69) is 21.8 Å². The Labute approximate surface area is 154 Å². The highest BCUT2D eigenvalue weighted by Gasteiger charge is 2.51. The second-order valence-corrected chi connectivity index (χ2v) is 7.59. The Morgan fingerprint density at radius 1 is 1.31 bits per heavy atom. The molecule has 5 nitrogen and oxygen atoms in total. The van der Waals surface area contributed by atoms with Crippen LogP contribution in [0.15, 0.2) is 30.5 Å². The molecule has 0 atom stereocenters. The smallest absolute Gasteiger partial charge is 0.230 e. The number of aryl methyl sites for hydroxylation is 1. The van der Waals surface area contributed by atoms with E-state index in [1.54, 1.807) is 7.11 Å². The lowest BCUT2D eigenvalue weighted by Crippen LogP contribution is -2.36. The van der Waals surface area contributed by atoms with Crippen molar-refractivity contribution in [1.82, 2.24) is 14.9 Å². The number of aromatic nitrogens is 2. The van der Waals surface area contributed by atoms with Gasteiger partial charge in [-0.1, -0.05) is 12.1 Å². The van der Waals surface area contributed by atoms with Gasteiger partial charge in [0.25, 0.3) is 0 Å². The van der Waals surface area contributed by atoms with Gasteiger partial charge in [0, 0.05) is 30.9 Å². The van der Waals surface area contributed by atoms with Crippen LogP contribution in [0.2, 0.25) is 0 Å². The van der Waals surface area contributed by atoms with Gasteiger partial charge in [-0.3, -0.25) is 4.79 Å². The van der Waals surface area contributed by atoms with Crippen molar-refractivity contribution in [1.29, 1.82) is 0 Å². The van der Waals surface area contributed by atoms with E-state index in [1.165, 1.54) is 25.0 Å². The first-order chi connectivity index (χ1) is 12.6. The van der Waals surface area contributed by atoms with Crippen molar-refractivity contribution in [2.75, 3.05) is 13.7 Å². The average molecular weight is 353 g/mol. The lowest BCUT2D eigenvalue weighted by atomic mass is 9.92. The number of carbonyl (C=O) groups is 1. The first kappa shape index (κ1) is 17.1.